The van der Waals surface area contributed by atoms with Gasteiger partial charge in [-0.05, 0) is 32.9 Å². The van der Waals surface area contributed by atoms with Gasteiger partial charge in [0.2, 0.25) is 10.0 Å². The summed E-state index contributed by atoms with van der Waals surface area (Å²) in [5.74, 6) is -0.305. The molecule has 1 aromatic rings. The van der Waals surface area contributed by atoms with E-state index in [1.165, 1.54) is 18.2 Å². The average Bonchev–Trinajstić information content (AvgIpc) is 2.54. The van der Waals surface area contributed by atoms with Crippen LogP contribution in [0.4, 0.5) is 0 Å². The number of ether oxygens (including phenoxy) is 2. The van der Waals surface area contributed by atoms with Crippen molar-refractivity contribution in [1.82, 2.24) is 4.72 Å². The molecule has 1 aromatic carbocycles. The Labute approximate surface area is 148 Å². The maximum Gasteiger partial charge on any atom is 0.241 e. The first-order valence-electron chi connectivity index (χ1n) is 7.38. The summed E-state index contributed by atoms with van der Waals surface area (Å²) in [7, 11) is -3.55. The van der Waals surface area contributed by atoms with Crippen LogP contribution in [-0.4, -0.2) is 40.2 Å². The van der Waals surface area contributed by atoms with Crippen LogP contribution >= 0.6 is 11.6 Å². The second kappa shape index (κ2) is 11.3. The molecule has 0 spiro atoms. The van der Waals surface area contributed by atoms with E-state index < -0.39 is 10.0 Å². The third-order valence-corrected chi connectivity index (χ3v) is 4.53. The van der Waals surface area contributed by atoms with Gasteiger partial charge in [-0.2, -0.15) is 0 Å². The molecule has 6 nitrogen and oxygen atoms in total. The number of sulfonamides is 1. The molecule has 0 saturated heterocycles. The molecule has 1 aliphatic heterocycles. The Hall–Kier alpha value is -1.25. The Morgan fingerprint density at radius 2 is 1.79 bits per heavy atom. The Kier molecular flexibility index (Phi) is 10.7. The molecule has 0 amide bonds. The summed E-state index contributed by atoms with van der Waals surface area (Å²) in [5, 5.41) is 0.178. The van der Waals surface area contributed by atoms with Gasteiger partial charge in [-0.15, -0.1) is 13.2 Å². The van der Waals surface area contributed by atoms with Crippen molar-refractivity contribution in [3.05, 3.63) is 41.9 Å². The highest BCUT2D eigenvalue weighted by Crippen LogP contribution is 2.26. The fourth-order valence-electron chi connectivity index (χ4n) is 1.84. The molecule has 0 radical (unpaired) electrons. The molecule has 24 heavy (non-hydrogen) atoms. The van der Waals surface area contributed by atoms with Crippen molar-refractivity contribution < 1.29 is 22.7 Å². The van der Waals surface area contributed by atoms with Gasteiger partial charge in [0.15, 0.2) is 12.1 Å². The highest BCUT2D eigenvalue weighted by Gasteiger charge is 2.29. The normalized spacial score (nSPS) is 14.8. The number of ketones is 1. The molecule has 0 bridgehead atoms. The van der Waals surface area contributed by atoms with Crippen LogP contribution in [0.2, 0.25) is 5.02 Å². The summed E-state index contributed by atoms with van der Waals surface area (Å²) in [5.41, 5.74) is 0.0907. The van der Waals surface area contributed by atoms with Gasteiger partial charge in [-0.1, -0.05) is 17.7 Å². The molecule has 0 atom stereocenters. The Balaban J connectivity index is 0.000000456. The second-order valence-corrected chi connectivity index (χ2v) is 6.48. The number of carbonyl (C=O) groups is 1. The minimum absolute atomic E-state index is 0.0370. The number of hydrogen-bond acceptors (Lipinski definition) is 5. The number of carbonyl (C=O) groups excluding carboxylic acids is 1. The molecule has 1 heterocycles. The minimum atomic E-state index is -3.55. The monoisotopic (exact) mass is 377 g/mol. The molecular weight excluding hydrogens is 354 g/mol. The molecule has 0 fully saturated rings. The van der Waals surface area contributed by atoms with Crippen LogP contribution in [0.25, 0.3) is 0 Å². The van der Waals surface area contributed by atoms with Gasteiger partial charge in [0.1, 0.15) is 0 Å². The minimum Gasteiger partial charge on any atom is -0.353 e. The number of halogens is 1. The topological polar surface area (TPSA) is 81.7 Å². The van der Waals surface area contributed by atoms with Gasteiger partial charge in [0.05, 0.1) is 22.0 Å². The quantitative estimate of drug-likeness (QED) is 0.644. The molecule has 1 aliphatic rings. The lowest BCUT2D eigenvalue weighted by atomic mass is 10.1. The third kappa shape index (κ3) is 6.70. The summed E-state index contributed by atoms with van der Waals surface area (Å²) < 4.78 is 35.2. The highest BCUT2D eigenvalue weighted by molar-refractivity contribution is 7.89. The van der Waals surface area contributed by atoms with Gasteiger partial charge in [-0.3, -0.25) is 4.79 Å². The van der Waals surface area contributed by atoms with E-state index >= 15 is 0 Å². The molecule has 2 rings (SSSR count). The van der Waals surface area contributed by atoms with Crippen LogP contribution < -0.4 is 4.72 Å². The molecule has 0 saturated carbocycles. The van der Waals surface area contributed by atoms with E-state index in [0.717, 1.165) is 13.2 Å². The average molecular weight is 378 g/mol. The van der Waals surface area contributed by atoms with Crippen LogP contribution in [0, 0.1) is 0 Å². The third-order valence-electron chi connectivity index (χ3n) is 2.77. The van der Waals surface area contributed by atoms with Crippen LogP contribution in [-0.2, 0) is 19.5 Å². The number of rotatable bonds is 4. The largest absolute Gasteiger partial charge is 0.353 e. The van der Waals surface area contributed by atoms with Crippen LogP contribution in [0.15, 0.2) is 36.3 Å². The summed E-state index contributed by atoms with van der Waals surface area (Å²) in [6, 6.07) is 4.36. The first kappa shape index (κ1) is 22.8. The maximum atomic E-state index is 11.4. The van der Waals surface area contributed by atoms with Crippen molar-refractivity contribution in [2.75, 3.05) is 19.8 Å². The fraction of sp³-hybridized carbons (Fsp3) is 0.438. The highest BCUT2D eigenvalue weighted by atomic mass is 35.5. The molecule has 8 heteroatoms. The fourth-order valence-corrected chi connectivity index (χ4v) is 3.41. The zero-order valence-electron chi connectivity index (χ0n) is 14.2. The summed E-state index contributed by atoms with van der Waals surface area (Å²) in [6.45, 7) is 13.0. The van der Waals surface area contributed by atoms with Crippen molar-refractivity contribution in [3.8, 4) is 0 Å². The maximum absolute atomic E-state index is 11.4. The smallest absolute Gasteiger partial charge is 0.241 e. The zero-order chi connectivity index (χ0) is 18.8. The van der Waals surface area contributed by atoms with E-state index in [9.17, 15) is 13.2 Å². The van der Waals surface area contributed by atoms with Crippen LogP contribution in [0.1, 0.15) is 31.1 Å². The summed E-state index contributed by atoms with van der Waals surface area (Å²) in [6.07, 6.45) is -0.0370. The molecule has 0 unspecified atom stereocenters. The van der Waals surface area contributed by atoms with Crippen molar-refractivity contribution in [3.63, 3.8) is 0 Å². The van der Waals surface area contributed by atoms with Gasteiger partial charge < -0.3 is 9.47 Å². The van der Waals surface area contributed by atoms with E-state index in [0.29, 0.717) is 0 Å². The van der Waals surface area contributed by atoms with E-state index in [1.807, 2.05) is 20.8 Å². The van der Waals surface area contributed by atoms with Crippen molar-refractivity contribution >= 4 is 27.4 Å². The number of Topliss-reactive ketones (excluding diaryl/α,β-unsaturated/α-hetero) is 1. The molecule has 136 valence electrons. The van der Waals surface area contributed by atoms with E-state index in [4.69, 9.17) is 21.1 Å². The first-order chi connectivity index (χ1) is 11.3. The van der Waals surface area contributed by atoms with Gasteiger partial charge >= 0.3 is 0 Å². The van der Waals surface area contributed by atoms with E-state index in [2.05, 4.69) is 17.9 Å². The van der Waals surface area contributed by atoms with Gasteiger partial charge in [0, 0.05) is 13.2 Å². The number of benzene rings is 1. The van der Waals surface area contributed by atoms with Crippen molar-refractivity contribution in [1.29, 1.82) is 0 Å². The predicted molar refractivity (Wildman–Crippen MR) is 94.9 cm³/mol. The lowest BCUT2D eigenvalue weighted by Gasteiger charge is -2.16. The SMILES string of the molecule is C=C.CCOC(C)OCC.O=C1CNS(=O)(=O)c2cccc(Cl)c21. The van der Waals surface area contributed by atoms with Crippen LogP contribution in [0.5, 0.6) is 0 Å². The van der Waals surface area contributed by atoms with E-state index in [1.54, 1.807) is 0 Å². The Morgan fingerprint density at radius 1 is 1.25 bits per heavy atom. The first-order valence-corrected chi connectivity index (χ1v) is 9.24. The lowest BCUT2D eigenvalue weighted by molar-refractivity contribution is -0.123. The summed E-state index contributed by atoms with van der Waals surface area (Å²) >= 11 is 5.75. The predicted octanol–water partition coefficient (Wildman–Crippen LogP) is 3.02. The molecule has 0 aliphatic carbocycles. The molecular formula is C16H24ClNO5S. The van der Waals surface area contributed by atoms with E-state index in [-0.39, 0.29) is 34.1 Å². The van der Waals surface area contributed by atoms with Crippen LogP contribution in [0.3, 0.4) is 0 Å². The molecule has 0 aromatic heterocycles. The number of fused-ring (bicyclic) bond motifs is 1. The van der Waals surface area contributed by atoms with Crippen molar-refractivity contribution in [2.24, 2.45) is 0 Å². The number of hydrogen-bond donors (Lipinski definition) is 1. The van der Waals surface area contributed by atoms with Gasteiger partial charge in [0.25, 0.3) is 0 Å². The lowest BCUT2D eigenvalue weighted by Crippen LogP contribution is -2.36. The standard InChI is InChI=1S/C8H6ClNO3S.C6H14O2.C2H4/c9-5-2-1-3-7-8(5)6(11)4-10-14(7,12)13;1-4-7-6(3)8-5-2;1-2/h1-3,10H,4H2;6H,4-5H2,1-3H3;1-2H2. The zero-order valence-corrected chi connectivity index (χ0v) is 15.7. The molecule has 1 N–H and O–H groups in total. The Morgan fingerprint density at radius 3 is 2.25 bits per heavy atom. The van der Waals surface area contributed by atoms with Crippen molar-refractivity contribution in [2.45, 2.75) is 32.0 Å². The second-order valence-electron chi connectivity index (χ2n) is 4.34. The number of nitrogens with one attached hydrogen (secondary N) is 1. The summed E-state index contributed by atoms with van der Waals surface area (Å²) in [4.78, 5) is 11.3. The Bertz CT molecular complexity index is 627. The van der Waals surface area contributed by atoms with Gasteiger partial charge in [-0.25, -0.2) is 13.1 Å².